The molecule has 0 aliphatic heterocycles. The summed E-state index contributed by atoms with van der Waals surface area (Å²) in [5.41, 5.74) is 4.26. The first-order valence-corrected chi connectivity index (χ1v) is 5.21. The largest absolute Gasteiger partial charge is 0.378 e. The second-order valence-corrected chi connectivity index (χ2v) is 4.62. The monoisotopic (exact) mass is 190 g/mol. The molecule has 14 heavy (non-hydrogen) atoms. The van der Waals surface area contributed by atoms with E-state index in [2.05, 4.69) is 39.0 Å². The first-order valence-electron chi connectivity index (χ1n) is 5.21. The van der Waals surface area contributed by atoms with Gasteiger partial charge in [0.25, 0.3) is 0 Å². The van der Waals surface area contributed by atoms with Crippen LogP contribution in [0.25, 0.3) is 0 Å². The predicted octanol–water partition coefficient (Wildman–Crippen LogP) is 3.06. The molecule has 1 aromatic carbocycles. The van der Waals surface area contributed by atoms with Gasteiger partial charge in [0.05, 0.1) is 5.60 Å². The lowest BCUT2D eigenvalue weighted by molar-refractivity contribution is -0.00293. The summed E-state index contributed by atoms with van der Waals surface area (Å²) in [5.74, 6) is 0.503. The number of ether oxygens (including phenoxy) is 1. The molecule has 0 fully saturated rings. The van der Waals surface area contributed by atoms with E-state index in [1.807, 2.05) is 7.11 Å². The molecule has 1 aliphatic carbocycles. The molecule has 0 N–H and O–H groups in total. The van der Waals surface area contributed by atoms with Gasteiger partial charge in [0.15, 0.2) is 0 Å². The van der Waals surface area contributed by atoms with Crippen LogP contribution in [0, 0.1) is 6.92 Å². The average molecular weight is 190 g/mol. The first-order chi connectivity index (χ1) is 6.57. The first kappa shape index (κ1) is 9.72. The Labute approximate surface area is 86.1 Å². The molecule has 0 saturated carbocycles. The second-order valence-electron chi connectivity index (χ2n) is 4.62. The molecule has 2 unspecified atom stereocenters. The van der Waals surface area contributed by atoms with Gasteiger partial charge in [-0.25, -0.2) is 0 Å². The van der Waals surface area contributed by atoms with Gasteiger partial charge in [-0.05, 0) is 25.0 Å². The van der Waals surface area contributed by atoms with Gasteiger partial charge in [-0.3, -0.25) is 0 Å². The highest BCUT2D eigenvalue weighted by Gasteiger charge is 2.39. The minimum atomic E-state index is -0.00384. The number of rotatable bonds is 1. The van der Waals surface area contributed by atoms with E-state index in [0.717, 1.165) is 6.42 Å². The standard InChI is InChI=1S/C13H18O/c1-9-5-6-12-10(2)13(3,14-4)8-11(12)7-9/h5-7,10H,8H2,1-4H3. The highest BCUT2D eigenvalue weighted by molar-refractivity contribution is 5.41. The molecule has 1 nitrogen and oxygen atoms in total. The third-order valence-corrected chi connectivity index (χ3v) is 3.69. The van der Waals surface area contributed by atoms with Crippen molar-refractivity contribution >= 4 is 0 Å². The van der Waals surface area contributed by atoms with Crippen LogP contribution in [0.4, 0.5) is 0 Å². The zero-order chi connectivity index (χ0) is 10.3. The van der Waals surface area contributed by atoms with Crippen molar-refractivity contribution in [2.45, 2.75) is 38.7 Å². The normalized spacial score (nSPS) is 30.4. The smallest absolute Gasteiger partial charge is 0.0756 e. The molecule has 0 spiro atoms. The number of fused-ring (bicyclic) bond motifs is 1. The maximum atomic E-state index is 5.63. The number of aryl methyl sites for hydroxylation is 1. The van der Waals surface area contributed by atoms with Crippen molar-refractivity contribution in [2.24, 2.45) is 0 Å². The van der Waals surface area contributed by atoms with Crippen LogP contribution in [0.15, 0.2) is 18.2 Å². The molecule has 1 aliphatic rings. The summed E-state index contributed by atoms with van der Waals surface area (Å²) in [6, 6.07) is 6.73. The van der Waals surface area contributed by atoms with Crippen molar-refractivity contribution in [3.8, 4) is 0 Å². The van der Waals surface area contributed by atoms with E-state index in [-0.39, 0.29) is 5.60 Å². The molecular formula is C13H18O. The highest BCUT2D eigenvalue weighted by atomic mass is 16.5. The molecule has 0 bridgehead atoms. The summed E-state index contributed by atoms with van der Waals surface area (Å²) in [5, 5.41) is 0. The summed E-state index contributed by atoms with van der Waals surface area (Å²) < 4.78 is 5.63. The van der Waals surface area contributed by atoms with Crippen LogP contribution in [0.5, 0.6) is 0 Å². The summed E-state index contributed by atoms with van der Waals surface area (Å²) in [6.07, 6.45) is 1.04. The lowest BCUT2D eigenvalue weighted by atomic mass is 9.91. The van der Waals surface area contributed by atoms with Crippen LogP contribution in [-0.4, -0.2) is 12.7 Å². The Bertz CT molecular complexity index is 356. The fourth-order valence-corrected chi connectivity index (χ4v) is 2.42. The van der Waals surface area contributed by atoms with Crippen molar-refractivity contribution in [1.82, 2.24) is 0 Å². The second kappa shape index (κ2) is 3.09. The van der Waals surface area contributed by atoms with Gasteiger partial charge in [0.1, 0.15) is 0 Å². The number of hydrogen-bond donors (Lipinski definition) is 0. The van der Waals surface area contributed by atoms with E-state index >= 15 is 0 Å². The van der Waals surface area contributed by atoms with Gasteiger partial charge < -0.3 is 4.74 Å². The van der Waals surface area contributed by atoms with Gasteiger partial charge in [0.2, 0.25) is 0 Å². The van der Waals surface area contributed by atoms with E-state index < -0.39 is 0 Å². The molecule has 0 saturated heterocycles. The van der Waals surface area contributed by atoms with Crippen LogP contribution in [0.1, 0.15) is 36.5 Å². The fourth-order valence-electron chi connectivity index (χ4n) is 2.42. The van der Waals surface area contributed by atoms with Crippen molar-refractivity contribution in [3.63, 3.8) is 0 Å². The van der Waals surface area contributed by atoms with Gasteiger partial charge in [-0.2, -0.15) is 0 Å². The minimum Gasteiger partial charge on any atom is -0.378 e. The maximum absolute atomic E-state index is 5.63. The molecular weight excluding hydrogens is 172 g/mol. The zero-order valence-corrected chi connectivity index (χ0v) is 9.42. The molecule has 2 atom stereocenters. The summed E-state index contributed by atoms with van der Waals surface area (Å²) in [6.45, 7) is 6.60. The Morgan fingerprint density at radius 1 is 1.43 bits per heavy atom. The zero-order valence-electron chi connectivity index (χ0n) is 9.42. The molecule has 76 valence electrons. The minimum absolute atomic E-state index is 0.00384. The van der Waals surface area contributed by atoms with Gasteiger partial charge >= 0.3 is 0 Å². The Morgan fingerprint density at radius 3 is 2.79 bits per heavy atom. The van der Waals surface area contributed by atoms with Gasteiger partial charge in [0, 0.05) is 19.4 Å². The van der Waals surface area contributed by atoms with E-state index in [9.17, 15) is 0 Å². The van der Waals surface area contributed by atoms with E-state index in [1.54, 1.807) is 0 Å². The Kier molecular flexibility index (Phi) is 2.15. The third-order valence-electron chi connectivity index (χ3n) is 3.69. The quantitative estimate of drug-likeness (QED) is 0.661. The number of hydrogen-bond acceptors (Lipinski definition) is 1. The molecule has 0 amide bonds. The van der Waals surface area contributed by atoms with Crippen molar-refractivity contribution in [3.05, 3.63) is 34.9 Å². The lowest BCUT2D eigenvalue weighted by Gasteiger charge is -2.27. The highest BCUT2D eigenvalue weighted by Crippen LogP contribution is 2.42. The summed E-state index contributed by atoms with van der Waals surface area (Å²) in [7, 11) is 1.81. The molecule has 0 radical (unpaired) electrons. The maximum Gasteiger partial charge on any atom is 0.0756 e. The van der Waals surface area contributed by atoms with E-state index in [1.165, 1.54) is 16.7 Å². The Morgan fingerprint density at radius 2 is 2.14 bits per heavy atom. The van der Waals surface area contributed by atoms with Crippen LogP contribution < -0.4 is 0 Å². The van der Waals surface area contributed by atoms with Crippen molar-refractivity contribution in [1.29, 1.82) is 0 Å². The average Bonchev–Trinajstić information content (AvgIpc) is 2.40. The molecule has 0 aromatic heterocycles. The van der Waals surface area contributed by atoms with Crippen molar-refractivity contribution < 1.29 is 4.74 Å². The fraction of sp³-hybridized carbons (Fsp3) is 0.538. The summed E-state index contributed by atoms with van der Waals surface area (Å²) in [4.78, 5) is 0. The third kappa shape index (κ3) is 1.27. The van der Waals surface area contributed by atoms with E-state index in [4.69, 9.17) is 4.74 Å². The Hall–Kier alpha value is -0.820. The van der Waals surface area contributed by atoms with Gasteiger partial charge in [-0.1, -0.05) is 30.7 Å². The molecule has 1 aromatic rings. The lowest BCUT2D eigenvalue weighted by Crippen LogP contribution is -2.30. The SMILES string of the molecule is COC1(C)Cc2cc(C)ccc2C1C. The van der Waals surface area contributed by atoms with Gasteiger partial charge in [-0.15, -0.1) is 0 Å². The van der Waals surface area contributed by atoms with Crippen molar-refractivity contribution in [2.75, 3.05) is 7.11 Å². The van der Waals surface area contributed by atoms with Crippen LogP contribution in [-0.2, 0) is 11.2 Å². The van der Waals surface area contributed by atoms with Crippen LogP contribution in [0.2, 0.25) is 0 Å². The molecule has 1 heteroatoms. The summed E-state index contributed by atoms with van der Waals surface area (Å²) >= 11 is 0. The molecule has 2 rings (SSSR count). The topological polar surface area (TPSA) is 9.23 Å². The van der Waals surface area contributed by atoms with Crippen LogP contribution >= 0.6 is 0 Å². The van der Waals surface area contributed by atoms with Crippen LogP contribution in [0.3, 0.4) is 0 Å². The van der Waals surface area contributed by atoms with E-state index in [0.29, 0.717) is 5.92 Å². The number of benzene rings is 1. The molecule has 0 heterocycles. The predicted molar refractivity (Wildman–Crippen MR) is 58.7 cm³/mol. The number of methoxy groups -OCH3 is 1. The Balaban J connectivity index is 2.45.